The van der Waals surface area contributed by atoms with E-state index in [0.717, 1.165) is 24.1 Å². The Labute approximate surface area is 154 Å². The summed E-state index contributed by atoms with van der Waals surface area (Å²) in [5.74, 6) is 0.221. The Kier molecular flexibility index (Phi) is 4.98. The highest BCUT2D eigenvalue weighted by Crippen LogP contribution is 2.38. The third-order valence-electron chi connectivity index (χ3n) is 4.77. The second-order valence-electron chi connectivity index (χ2n) is 6.67. The molecule has 1 aliphatic heterocycles. The van der Waals surface area contributed by atoms with Crippen LogP contribution in [-0.4, -0.2) is 21.5 Å². The van der Waals surface area contributed by atoms with Gasteiger partial charge in [-0.3, -0.25) is 4.31 Å². The topological polar surface area (TPSA) is 49.4 Å². The minimum atomic E-state index is -3.68. The van der Waals surface area contributed by atoms with Gasteiger partial charge in [-0.15, -0.1) is 0 Å². The highest BCUT2D eigenvalue weighted by Gasteiger charge is 2.37. The zero-order chi connectivity index (χ0) is 18.2. The first-order valence-corrected chi connectivity index (χ1v) is 10.3. The maximum atomic E-state index is 13.5. The molecule has 0 saturated heterocycles. The van der Waals surface area contributed by atoms with Crippen molar-refractivity contribution in [3.05, 3.63) is 53.1 Å². The molecule has 0 spiro atoms. The van der Waals surface area contributed by atoms with Gasteiger partial charge in [0.05, 0.1) is 21.3 Å². The molecule has 0 amide bonds. The predicted molar refractivity (Wildman–Crippen MR) is 104 cm³/mol. The molecule has 134 valence electrons. The molecular weight excluding hydrogens is 356 g/mol. The van der Waals surface area contributed by atoms with Crippen molar-refractivity contribution in [2.75, 3.05) is 16.7 Å². The van der Waals surface area contributed by atoms with Gasteiger partial charge >= 0.3 is 0 Å². The van der Waals surface area contributed by atoms with Crippen LogP contribution in [0.15, 0.2) is 47.4 Å². The summed E-state index contributed by atoms with van der Waals surface area (Å²) in [6.07, 6.45) is 1.72. The van der Waals surface area contributed by atoms with Gasteiger partial charge in [0.15, 0.2) is 0 Å². The van der Waals surface area contributed by atoms with Crippen molar-refractivity contribution in [1.29, 1.82) is 0 Å². The lowest BCUT2D eigenvalue weighted by molar-refractivity contribution is 0.445. The third kappa shape index (κ3) is 3.23. The minimum absolute atomic E-state index is 0.0615. The van der Waals surface area contributed by atoms with E-state index in [9.17, 15) is 8.42 Å². The van der Waals surface area contributed by atoms with Crippen LogP contribution in [-0.2, 0) is 16.4 Å². The van der Waals surface area contributed by atoms with E-state index in [1.807, 2.05) is 24.3 Å². The van der Waals surface area contributed by atoms with E-state index in [1.165, 1.54) is 0 Å². The number of benzene rings is 2. The largest absolute Gasteiger partial charge is 0.387 e. The Morgan fingerprint density at radius 3 is 2.60 bits per heavy atom. The average molecular weight is 379 g/mol. The molecule has 3 rings (SSSR count). The molecule has 1 N–H and O–H groups in total. The Balaban J connectivity index is 2.16. The van der Waals surface area contributed by atoms with E-state index in [-0.39, 0.29) is 16.9 Å². The molecular formula is C19H23ClN2O2S. The number of rotatable bonds is 4. The molecule has 25 heavy (non-hydrogen) atoms. The van der Waals surface area contributed by atoms with Gasteiger partial charge < -0.3 is 5.32 Å². The van der Waals surface area contributed by atoms with E-state index >= 15 is 0 Å². The summed E-state index contributed by atoms with van der Waals surface area (Å²) in [6, 6.07) is 12.5. The fraction of sp³-hybridized carbons (Fsp3) is 0.368. The number of fused-ring (bicyclic) bond motifs is 1. The van der Waals surface area contributed by atoms with Gasteiger partial charge in [0.2, 0.25) is 0 Å². The number of sulfonamides is 1. The summed E-state index contributed by atoms with van der Waals surface area (Å²) >= 11 is 6.12. The first-order chi connectivity index (χ1) is 11.9. The summed E-state index contributed by atoms with van der Waals surface area (Å²) < 4.78 is 28.6. The number of nitrogens with one attached hydrogen (secondary N) is 1. The summed E-state index contributed by atoms with van der Waals surface area (Å²) in [7, 11) is -1.96. The highest BCUT2D eigenvalue weighted by atomic mass is 35.5. The second kappa shape index (κ2) is 6.89. The molecule has 0 bridgehead atoms. The van der Waals surface area contributed by atoms with Crippen LogP contribution in [0.4, 0.5) is 11.4 Å². The number of halogens is 1. The van der Waals surface area contributed by atoms with Crippen LogP contribution in [0, 0.1) is 5.92 Å². The number of nitrogens with zero attached hydrogens (tertiary/aromatic N) is 1. The molecule has 1 heterocycles. The van der Waals surface area contributed by atoms with Crippen molar-refractivity contribution in [2.45, 2.75) is 37.6 Å². The lowest BCUT2D eigenvalue weighted by atomic mass is 9.91. The van der Waals surface area contributed by atoms with Crippen LogP contribution < -0.4 is 9.62 Å². The van der Waals surface area contributed by atoms with Crippen LogP contribution in [0.1, 0.15) is 25.8 Å². The Bertz CT molecular complexity index is 881. The van der Waals surface area contributed by atoms with Crippen LogP contribution in [0.3, 0.4) is 0 Å². The van der Waals surface area contributed by atoms with Crippen molar-refractivity contribution in [1.82, 2.24) is 0 Å². The van der Waals surface area contributed by atoms with E-state index in [0.29, 0.717) is 10.7 Å². The molecule has 0 aromatic heterocycles. The van der Waals surface area contributed by atoms with Crippen molar-refractivity contribution in [2.24, 2.45) is 5.92 Å². The van der Waals surface area contributed by atoms with Crippen LogP contribution >= 0.6 is 11.6 Å². The first-order valence-electron chi connectivity index (χ1n) is 8.46. The molecule has 0 aliphatic carbocycles. The van der Waals surface area contributed by atoms with Crippen LogP contribution in [0.2, 0.25) is 5.02 Å². The number of aryl methyl sites for hydroxylation is 1. The molecule has 4 nitrogen and oxygen atoms in total. The summed E-state index contributed by atoms with van der Waals surface area (Å²) in [5, 5.41) is 3.45. The summed E-state index contributed by atoms with van der Waals surface area (Å²) in [6.45, 7) is 4.14. The van der Waals surface area contributed by atoms with E-state index in [4.69, 9.17) is 11.6 Å². The van der Waals surface area contributed by atoms with Crippen LogP contribution in [0.25, 0.3) is 0 Å². The zero-order valence-corrected chi connectivity index (χ0v) is 16.2. The van der Waals surface area contributed by atoms with E-state index < -0.39 is 10.0 Å². The molecule has 6 heteroatoms. The van der Waals surface area contributed by atoms with Crippen molar-refractivity contribution in [3.8, 4) is 0 Å². The zero-order valence-electron chi connectivity index (χ0n) is 14.7. The van der Waals surface area contributed by atoms with Crippen molar-refractivity contribution in [3.63, 3.8) is 0 Å². The fourth-order valence-corrected chi connectivity index (χ4v) is 5.51. The predicted octanol–water partition coefficient (Wildman–Crippen LogP) is 4.55. The minimum Gasteiger partial charge on any atom is -0.387 e. The number of para-hydroxylation sites is 1. The van der Waals surface area contributed by atoms with Gasteiger partial charge in [0.1, 0.15) is 0 Å². The van der Waals surface area contributed by atoms with Crippen LogP contribution in [0.5, 0.6) is 0 Å². The second-order valence-corrected chi connectivity index (χ2v) is 8.89. The van der Waals surface area contributed by atoms with Crippen molar-refractivity contribution >= 4 is 33.0 Å². The molecule has 2 aromatic carbocycles. The Hall–Kier alpha value is -1.72. The number of anilines is 2. The average Bonchev–Trinajstić information content (AvgIpc) is 2.60. The van der Waals surface area contributed by atoms with E-state index in [2.05, 4.69) is 19.2 Å². The SMILES string of the molecule is CNc1cc(S(=O)(=O)N2c3ccccc3CCC2C(C)C)ccc1Cl. The third-order valence-corrected chi connectivity index (χ3v) is 6.94. The summed E-state index contributed by atoms with van der Waals surface area (Å²) in [5.41, 5.74) is 2.47. The molecule has 0 fully saturated rings. The van der Waals surface area contributed by atoms with Gasteiger partial charge in [-0.05, 0) is 48.6 Å². The molecule has 0 saturated carbocycles. The number of hydrogen-bond donors (Lipinski definition) is 1. The maximum Gasteiger partial charge on any atom is 0.264 e. The Morgan fingerprint density at radius 2 is 1.92 bits per heavy atom. The van der Waals surface area contributed by atoms with Gasteiger partial charge in [-0.1, -0.05) is 43.6 Å². The van der Waals surface area contributed by atoms with E-state index in [1.54, 1.807) is 29.6 Å². The fourth-order valence-electron chi connectivity index (χ4n) is 3.42. The normalized spacial score (nSPS) is 17.5. The molecule has 0 radical (unpaired) electrons. The standard InChI is InChI=1S/C19H23ClN2O2S/c1-13(2)18-11-8-14-6-4-5-7-19(14)22(18)25(23,24)15-9-10-16(20)17(12-15)21-3/h4-7,9-10,12-13,18,21H,8,11H2,1-3H3. The smallest absolute Gasteiger partial charge is 0.264 e. The van der Waals surface area contributed by atoms with Crippen molar-refractivity contribution < 1.29 is 8.42 Å². The van der Waals surface area contributed by atoms with Gasteiger partial charge in [-0.2, -0.15) is 0 Å². The molecule has 1 aliphatic rings. The molecule has 2 aromatic rings. The summed E-state index contributed by atoms with van der Waals surface area (Å²) in [4.78, 5) is 0.253. The Morgan fingerprint density at radius 1 is 1.20 bits per heavy atom. The lowest BCUT2D eigenvalue weighted by Crippen LogP contribution is -2.46. The lowest BCUT2D eigenvalue weighted by Gasteiger charge is -2.40. The number of hydrogen-bond acceptors (Lipinski definition) is 3. The molecule has 1 atom stereocenters. The monoisotopic (exact) mass is 378 g/mol. The maximum absolute atomic E-state index is 13.5. The van der Waals surface area contributed by atoms with Gasteiger partial charge in [0.25, 0.3) is 10.0 Å². The molecule has 1 unspecified atom stereocenters. The first kappa shape index (κ1) is 18.1. The van der Waals surface area contributed by atoms with Gasteiger partial charge in [-0.25, -0.2) is 8.42 Å². The van der Waals surface area contributed by atoms with Gasteiger partial charge in [0, 0.05) is 13.1 Å². The quantitative estimate of drug-likeness (QED) is 0.849. The highest BCUT2D eigenvalue weighted by molar-refractivity contribution is 7.92.